The maximum absolute atomic E-state index is 6.18. The van der Waals surface area contributed by atoms with Gasteiger partial charge in [0.15, 0.2) is 0 Å². The van der Waals surface area contributed by atoms with E-state index >= 15 is 0 Å². The average Bonchev–Trinajstić information content (AvgIpc) is 2.63. The van der Waals surface area contributed by atoms with E-state index in [9.17, 15) is 0 Å². The highest BCUT2D eigenvalue weighted by Crippen LogP contribution is 2.26. The first kappa shape index (κ1) is 12.4. The van der Waals surface area contributed by atoms with E-state index in [4.69, 9.17) is 11.6 Å². The largest absolute Gasteiger partial charge is 0.310 e. The molecular formula is C13H17BrClN. The van der Waals surface area contributed by atoms with Crippen LogP contribution in [0.15, 0.2) is 22.7 Å². The van der Waals surface area contributed by atoms with Crippen molar-refractivity contribution in [2.75, 3.05) is 0 Å². The van der Waals surface area contributed by atoms with Gasteiger partial charge in [0.05, 0.1) is 0 Å². The molecule has 16 heavy (non-hydrogen) atoms. The van der Waals surface area contributed by atoms with Crippen LogP contribution in [-0.2, 0) is 6.54 Å². The number of nitrogens with one attached hydrogen (secondary N) is 1. The highest BCUT2D eigenvalue weighted by atomic mass is 79.9. The van der Waals surface area contributed by atoms with Crippen LogP contribution in [0.2, 0.25) is 5.02 Å². The van der Waals surface area contributed by atoms with Crippen LogP contribution in [0.5, 0.6) is 0 Å². The van der Waals surface area contributed by atoms with Gasteiger partial charge in [0, 0.05) is 22.1 Å². The Kier molecular flexibility index (Phi) is 4.28. The van der Waals surface area contributed by atoms with Crippen LogP contribution in [0.3, 0.4) is 0 Å². The summed E-state index contributed by atoms with van der Waals surface area (Å²) in [6.45, 7) is 3.20. The van der Waals surface area contributed by atoms with Crippen LogP contribution in [0.1, 0.15) is 31.7 Å². The second kappa shape index (κ2) is 5.52. The zero-order valence-corrected chi connectivity index (χ0v) is 11.8. The zero-order chi connectivity index (χ0) is 11.5. The molecule has 0 aliphatic heterocycles. The fraction of sp³-hybridized carbons (Fsp3) is 0.538. The fourth-order valence-electron chi connectivity index (χ4n) is 2.35. The molecule has 0 aromatic heterocycles. The quantitative estimate of drug-likeness (QED) is 0.873. The predicted octanol–water partition coefficient (Wildman–Crippen LogP) is 4.38. The molecule has 1 aliphatic carbocycles. The zero-order valence-electron chi connectivity index (χ0n) is 9.47. The molecule has 0 saturated heterocycles. The first-order valence-electron chi connectivity index (χ1n) is 5.84. The van der Waals surface area contributed by atoms with Crippen LogP contribution >= 0.6 is 27.5 Å². The summed E-state index contributed by atoms with van der Waals surface area (Å²) in [4.78, 5) is 0. The Hall–Kier alpha value is -0.0500. The molecule has 3 heteroatoms. The molecule has 1 saturated carbocycles. The Morgan fingerprint density at radius 2 is 2.25 bits per heavy atom. The van der Waals surface area contributed by atoms with Gasteiger partial charge in [-0.3, -0.25) is 0 Å². The van der Waals surface area contributed by atoms with Gasteiger partial charge in [-0.05, 0) is 36.5 Å². The van der Waals surface area contributed by atoms with Crippen molar-refractivity contribution >= 4 is 27.5 Å². The van der Waals surface area contributed by atoms with Crippen molar-refractivity contribution < 1.29 is 0 Å². The predicted molar refractivity (Wildman–Crippen MR) is 72.8 cm³/mol. The molecular weight excluding hydrogens is 286 g/mol. The van der Waals surface area contributed by atoms with Crippen molar-refractivity contribution in [3.05, 3.63) is 33.3 Å². The lowest BCUT2D eigenvalue weighted by molar-refractivity contribution is 0.426. The monoisotopic (exact) mass is 301 g/mol. The molecule has 88 valence electrons. The number of hydrogen-bond acceptors (Lipinski definition) is 1. The van der Waals surface area contributed by atoms with E-state index in [0.717, 1.165) is 22.0 Å². The normalized spacial score (nSPS) is 24.9. The van der Waals surface area contributed by atoms with Gasteiger partial charge in [0.25, 0.3) is 0 Å². The summed E-state index contributed by atoms with van der Waals surface area (Å²) in [5, 5.41) is 4.45. The third kappa shape index (κ3) is 2.99. The van der Waals surface area contributed by atoms with Crippen LogP contribution < -0.4 is 5.32 Å². The molecule has 0 radical (unpaired) electrons. The lowest BCUT2D eigenvalue weighted by Gasteiger charge is -2.17. The van der Waals surface area contributed by atoms with Crippen molar-refractivity contribution in [1.29, 1.82) is 0 Å². The molecule has 0 spiro atoms. The minimum atomic E-state index is 0.666. The second-order valence-corrected chi connectivity index (χ2v) is 5.95. The molecule has 2 unspecified atom stereocenters. The lowest BCUT2D eigenvalue weighted by Crippen LogP contribution is -2.30. The van der Waals surface area contributed by atoms with Crippen LogP contribution in [0, 0.1) is 5.92 Å². The molecule has 0 amide bonds. The van der Waals surface area contributed by atoms with Gasteiger partial charge >= 0.3 is 0 Å². The summed E-state index contributed by atoms with van der Waals surface area (Å²) in [5.74, 6) is 0.800. The molecule has 2 rings (SSSR count). The van der Waals surface area contributed by atoms with Crippen molar-refractivity contribution in [3.8, 4) is 0 Å². The molecule has 1 nitrogen and oxygen atoms in total. The minimum absolute atomic E-state index is 0.666. The van der Waals surface area contributed by atoms with Crippen LogP contribution in [-0.4, -0.2) is 6.04 Å². The highest BCUT2D eigenvalue weighted by molar-refractivity contribution is 9.10. The van der Waals surface area contributed by atoms with E-state index in [1.807, 2.05) is 12.1 Å². The van der Waals surface area contributed by atoms with Gasteiger partial charge in [-0.25, -0.2) is 0 Å². The number of hydrogen-bond donors (Lipinski definition) is 1. The molecule has 0 heterocycles. The van der Waals surface area contributed by atoms with Gasteiger partial charge in [0.1, 0.15) is 0 Å². The summed E-state index contributed by atoms with van der Waals surface area (Å²) in [6, 6.07) is 6.75. The molecule has 0 bridgehead atoms. The second-order valence-electron chi connectivity index (χ2n) is 4.63. The molecule has 1 N–H and O–H groups in total. The van der Waals surface area contributed by atoms with Crippen molar-refractivity contribution in [1.82, 2.24) is 5.32 Å². The number of rotatable bonds is 3. The van der Waals surface area contributed by atoms with Crippen LogP contribution in [0.4, 0.5) is 0 Å². The van der Waals surface area contributed by atoms with E-state index in [1.165, 1.54) is 24.8 Å². The van der Waals surface area contributed by atoms with Gasteiger partial charge in [0.2, 0.25) is 0 Å². The minimum Gasteiger partial charge on any atom is -0.310 e. The van der Waals surface area contributed by atoms with Gasteiger partial charge in [-0.2, -0.15) is 0 Å². The van der Waals surface area contributed by atoms with Crippen molar-refractivity contribution in [2.45, 2.75) is 38.8 Å². The molecule has 2 atom stereocenters. The third-order valence-electron chi connectivity index (χ3n) is 3.43. The third-order valence-corrected chi connectivity index (χ3v) is 4.28. The molecule has 1 aliphatic rings. The Balaban J connectivity index is 1.94. The Morgan fingerprint density at radius 3 is 2.88 bits per heavy atom. The van der Waals surface area contributed by atoms with Gasteiger partial charge in [-0.1, -0.05) is 46.9 Å². The van der Waals surface area contributed by atoms with Crippen molar-refractivity contribution in [2.24, 2.45) is 5.92 Å². The van der Waals surface area contributed by atoms with E-state index < -0.39 is 0 Å². The molecule has 1 fully saturated rings. The van der Waals surface area contributed by atoms with E-state index in [-0.39, 0.29) is 0 Å². The van der Waals surface area contributed by atoms with Gasteiger partial charge in [-0.15, -0.1) is 0 Å². The summed E-state index contributed by atoms with van der Waals surface area (Å²) in [5.41, 5.74) is 1.18. The first-order valence-corrected chi connectivity index (χ1v) is 7.01. The van der Waals surface area contributed by atoms with Crippen LogP contribution in [0.25, 0.3) is 0 Å². The fourth-order valence-corrected chi connectivity index (χ4v) is 3.10. The Morgan fingerprint density at radius 1 is 1.44 bits per heavy atom. The first-order chi connectivity index (χ1) is 7.66. The van der Waals surface area contributed by atoms with Gasteiger partial charge < -0.3 is 5.32 Å². The maximum atomic E-state index is 6.18. The van der Waals surface area contributed by atoms with Crippen molar-refractivity contribution in [3.63, 3.8) is 0 Å². The Bertz CT molecular complexity index is 367. The average molecular weight is 303 g/mol. The maximum Gasteiger partial charge on any atom is 0.0462 e. The van der Waals surface area contributed by atoms with E-state index in [2.05, 4.69) is 34.2 Å². The smallest absolute Gasteiger partial charge is 0.0462 e. The number of halogens is 2. The lowest BCUT2D eigenvalue weighted by atomic mass is 10.1. The Labute approximate surface area is 111 Å². The standard InChI is InChI=1S/C13H17BrClN/c1-9-3-2-4-13(9)16-8-10-5-6-11(14)7-12(10)15/h5-7,9,13,16H,2-4,8H2,1H3. The summed E-state index contributed by atoms with van der Waals surface area (Å²) >= 11 is 9.60. The summed E-state index contributed by atoms with van der Waals surface area (Å²) in [7, 11) is 0. The van der Waals surface area contributed by atoms with E-state index in [0.29, 0.717) is 6.04 Å². The molecule has 1 aromatic rings. The topological polar surface area (TPSA) is 12.0 Å². The number of benzene rings is 1. The van der Waals surface area contributed by atoms with E-state index in [1.54, 1.807) is 0 Å². The summed E-state index contributed by atoms with van der Waals surface area (Å²) < 4.78 is 1.04. The SMILES string of the molecule is CC1CCCC1NCc1ccc(Br)cc1Cl. The summed E-state index contributed by atoms with van der Waals surface area (Å²) in [6.07, 6.45) is 4.01. The molecule has 1 aromatic carbocycles. The highest BCUT2D eigenvalue weighted by Gasteiger charge is 2.22.